The molecule has 1 N–H and O–H groups in total. The van der Waals surface area contributed by atoms with E-state index in [2.05, 4.69) is 22.3 Å². The minimum atomic E-state index is -0.235. The van der Waals surface area contributed by atoms with Gasteiger partial charge < -0.3 is 15.1 Å². The zero-order valence-corrected chi connectivity index (χ0v) is 21.0. The number of rotatable bonds is 7. The zero-order valence-electron chi connectivity index (χ0n) is 21.0. The summed E-state index contributed by atoms with van der Waals surface area (Å²) in [6.45, 7) is 2.91. The van der Waals surface area contributed by atoms with E-state index in [4.69, 9.17) is 0 Å². The largest absolute Gasteiger partial charge is 0.358 e. The Kier molecular flexibility index (Phi) is 7.54. The molecule has 3 aliphatic heterocycles. The van der Waals surface area contributed by atoms with E-state index in [0.717, 1.165) is 76.7 Å². The fourth-order valence-corrected chi connectivity index (χ4v) is 5.70. The van der Waals surface area contributed by atoms with Crippen molar-refractivity contribution in [2.45, 2.75) is 57.4 Å². The van der Waals surface area contributed by atoms with Crippen molar-refractivity contribution >= 4 is 29.1 Å². The fourth-order valence-electron chi connectivity index (χ4n) is 5.70. The summed E-state index contributed by atoms with van der Waals surface area (Å²) in [6.07, 6.45) is 7.79. The summed E-state index contributed by atoms with van der Waals surface area (Å²) in [5.41, 5.74) is 3.47. The lowest BCUT2D eigenvalue weighted by Crippen LogP contribution is -2.57. The Morgan fingerprint density at radius 1 is 0.889 bits per heavy atom. The number of benzene rings is 2. The van der Waals surface area contributed by atoms with Gasteiger partial charge in [0.25, 0.3) is 5.91 Å². The topological polar surface area (TPSA) is 73.0 Å². The van der Waals surface area contributed by atoms with Gasteiger partial charge >= 0.3 is 0 Å². The van der Waals surface area contributed by atoms with Crippen LogP contribution in [0.3, 0.4) is 0 Å². The second-order valence-corrected chi connectivity index (χ2v) is 10.1. The Balaban J connectivity index is 1.31. The highest BCUT2D eigenvalue weighted by atomic mass is 16.2. The summed E-state index contributed by atoms with van der Waals surface area (Å²) >= 11 is 0. The molecule has 3 heterocycles. The summed E-state index contributed by atoms with van der Waals surface area (Å²) < 4.78 is 0. The third kappa shape index (κ3) is 5.25. The van der Waals surface area contributed by atoms with Gasteiger partial charge in [-0.1, -0.05) is 30.3 Å². The van der Waals surface area contributed by atoms with Crippen molar-refractivity contribution in [2.24, 2.45) is 0 Å². The molecule has 7 nitrogen and oxygen atoms in total. The molecule has 0 aromatic heterocycles. The number of amides is 3. The van der Waals surface area contributed by atoms with E-state index >= 15 is 0 Å². The van der Waals surface area contributed by atoms with Crippen LogP contribution in [0.25, 0.3) is 0 Å². The summed E-state index contributed by atoms with van der Waals surface area (Å²) in [5, 5.41) is 2.99. The molecular weight excluding hydrogens is 452 g/mol. The number of hydrogen-bond donors (Lipinski definition) is 1. The van der Waals surface area contributed by atoms with Crippen LogP contribution in [-0.4, -0.2) is 61.4 Å². The minimum Gasteiger partial charge on any atom is -0.358 e. The maximum atomic E-state index is 13.6. The Hall–Kier alpha value is -3.35. The number of aryl methyl sites for hydroxylation is 1. The summed E-state index contributed by atoms with van der Waals surface area (Å²) in [4.78, 5) is 45.4. The first kappa shape index (κ1) is 24.3. The number of hydrogen-bond acceptors (Lipinski definition) is 4. The van der Waals surface area contributed by atoms with E-state index in [0.29, 0.717) is 17.8 Å². The number of nitrogens with zero attached hydrogens (tertiary/aromatic N) is 3. The van der Waals surface area contributed by atoms with Gasteiger partial charge in [0.15, 0.2) is 0 Å². The standard InChI is InChI=1S/C29H36N4O3/c34-27(30-16-9-12-22-10-3-1-4-11-22)21-33-26-20-23(28(35)31-17-6-2-7-18-31)14-15-24(26)32-19-8-5-13-25(32)29(33)36/h1,3-4,10-11,14-15,20,25H,2,5-9,12-13,16-19,21H2,(H,30,34)/t25-/m0/s1. The number of carbonyl (C=O) groups is 3. The highest BCUT2D eigenvalue weighted by molar-refractivity contribution is 6.09. The van der Waals surface area contributed by atoms with Crippen molar-refractivity contribution in [3.05, 3.63) is 59.7 Å². The third-order valence-corrected chi connectivity index (χ3v) is 7.63. The molecule has 1 atom stereocenters. The maximum absolute atomic E-state index is 13.6. The molecule has 0 unspecified atom stereocenters. The van der Waals surface area contributed by atoms with Crippen LogP contribution in [0.4, 0.5) is 11.4 Å². The van der Waals surface area contributed by atoms with Crippen LogP contribution in [0, 0.1) is 0 Å². The molecule has 2 aromatic rings. The molecule has 2 saturated heterocycles. The first-order valence-corrected chi connectivity index (χ1v) is 13.4. The SMILES string of the molecule is O=C(CN1C(=O)[C@@H]2CCCCN2c2ccc(C(=O)N3CCCCC3)cc21)NCCCc1ccccc1. The number of likely N-dealkylation sites (tertiary alicyclic amines) is 1. The number of piperidine rings is 2. The predicted octanol–water partition coefficient (Wildman–Crippen LogP) is 3.77. The van der Waals surface area contributed by atoms with Gasteiger partial charge in [0.2, 0.25) is 11.8 Å². The fraction of sp³-hybridized carbons (Fsp3) is 0.483. The molecule has 3 amide bonds. The molecule has 2 aromatic carbocycles. The molecule has 7 heteroatoms. The Labute approximate surface area is 213 Å². The normalized spacial score (nSPS) is 19.5. The van der Waals surface area contributed by atoms with Crippen LogP contribution in [-0.2, 0) is 16.0 Å². The van der Waals surface area contributed by atoms with Crippen LogP contribution in [0.15, 0.2) is 48.5 Å². The second kappa shape index (κ2) is 11.1. The van der Waals surface area contributed by atoms with Crippen molar-refractivity contribution in [1.29, 1.82) is 0 Å². The van der Waals surface area contributed by atoms with Gasteiger partial charge in [0.1, 0.15) is 12.6 Å². The summed E-state index contributed by atoms with van der Waals surface area (Å²) in [6, 6.07) is 15.7. The highest BCUT2D eigenvalue weighted by Gasteiger charge is 2.40. The lowest BCUT2D eigenvalue weighted by atomic mass is 9.95. The molecule has 3 aliphatic rings. The Bertz CT molecular complexity index is 1100. The Morgan fingerprint density at radius 2 is 1.67 bits per heavy atom. The maximum Gasteiger partial charge on any atom is 0.253 e. The van der Waals surface area contributed by atoms with Gasteiger partial charge in [0, 0.05) is 31.7 Å². The third-order valence-electron chi connectivity index (χ3n) is 7.63. The van der Waals surface area contributed by atoms with Crippen molar-refractivity contribution in [3.63, 3.8) is 0 Å². The number of nitrogens with one attached hydrogen (secondary N) is 1. The first-order chi connectivity index (χ1) is 17.6. The molecule has 36 heavy (non-hydrogen) atoms. The average molecular weight is 489 g/mol. The van der Waals surface area contributed by atoms with Gasteiger partial charge in [0.05, 0.1) is 11.4 Å². The quantitative estimate of drug-likeness (QED) is 0.603. The van der Waals surface area contributed by atoms with Gasteiger partial charge in [-0.15, -0.1) is 0 Å². The molecule has 0 bridgehead atoms. The summed E-state index contributed by atoms with van der Waals surface area (Å²) in [7, 11) is 0. The molecule has 0 radical (unpaired) electrons. The van der Waals surface area contributed by atoms with Gasteiger partial charge in [-0.3, -0.25) is 19.3 Å². The van der Waals surface area contributed by atoms with E-state index in [9.17, 15) is 14.4 Å². The van der Waals surface area contributed by atoms with Crippen molar-refractivity contribution in [3.8, 4) is 0 Å². The Morgan fingerprint density at radius 3 is 2.47 bits per heavy atom. The van der Waals surface area contributed by atoms with Gasteiger partial charge in [-0.25, -0.2) is 0 Å². The number of fused-ring (bicyclic) bond motifs is 3. The van der Waals surface area contributed by atoms with Crippen LogP contribution in [0.1, 0.15) is 60.9 Å². The summed E-state index contributed by atoms with van der Waals surface area (Å²) in [5.74, 6) is -0.195. The predicted molar refractivity (Wildman–Crippen MR) is 141 cm³/mol. The number of anilines is 2. The molecular formula is C29H36N4O3. The molecule has 0 saturated carbocycles. The van der Waals surface area contributed by atoms with E-state index in [1.54, 1.807) is 4.90 Å². The van der Waals surface area contributed by atoms with Crippen LogP contribution in [0.5, 0.6) is 0 Å². The highest BCUT2D eigenvalue weighted by Crippen LogP contribution is 2.40. The molecule has 2 fully saturated rings. The van der Waals surface area contributed by atoms with Crippen molar-refractivity contribution in [2.75, 3.05) is 42.5 Å². The zero-order chi connectivity index (χ0) is 24.9. The minimum absolute atomic E-state index is 0.0102. The molecule has 0 aliphatic carbocycles. The average Bonchev–Trinajstić information content (AvgIpc) is 2.94. The number of carbonyl (C=O) groups excluding carboxylic acids is 3. The molecule has 5 rings (SSSR count). The van der Waals surface area contributed by atoms with Crippen LogP contribution < -0.4 is 15.1 Å². The molecule has 190 valence electrons. The van der Waals surface area contributed by atoms with Crippen molar-refractivity contribution < 1.29 is 14.4 Å². The first-order valence-electron chi connectivity index (χ1n) is 13.4. The monoisotopic (exact) mass is 488 g/mol. The van der Waals surface area contributed by atoms with Crippen LogP contribution >= 0.6 is 0 Å². The van der Waals surface area contributed by atoms with E-state index in [1.165, 1.54) is 5.56 Å². The van der Waals surface area contributed by atoms with E-state index in [1.807, 2.05) is 41.3 Å². The van der Waals surface area contributed by atoms with E-state index in [-0.39, 0.29) is 30.3 Å². The van der Waals surface area contributed by atoms with Gasteiger partial charge in [-0.2, -0.15) is 0 Å². The van der Waals surface area contributed by atoms with Crippen LogP contribution in [0.2, 0.25) is 0 Å². The smallest absolute Gasteiger partial charge is 0.253 e. The lowest BCUT2D eigenvalue weighted by Gasteiger charge is -2.45. The lowest BCUT2D eigenvalue weighted by molar-refractivity contribution is -0.125. The van der Waals surface area contributed by atoms with Gasteiger partial charge in [-0.05, 0) is 75.1 Å². The van der Waals surface area contributed by atoms with E-state index < -0.39 is 0 Å². The van der Waals surface area contributed by atoms with Crippen molar-refractivity contribution in [1.82, 2.24) is 10.2 Å². The second-order valence-electron chi connectivity index (χ2n) is 10.1. The molecule has 0 spiro atoms.